The van der Waals surface area contributed by atoms with Crippen molar-refractivity contribution in [3.63, 3.8) is 0 Å². The summed E-state index contributed by atoms with van der Waals surface area (Å²) in [4.78, 5) is 51.0. The van der Waals surface area contributed by atoms with E-state index in [0.717, 1.165) is 19.6 Å². The molecule has 0 aliphatic rings. The van der Waals surface area contributed by atoms with Crippen molar-refractivity contribution in [2.45, 2.75) is 26.5 Å². The Hall–Kier alpha value is -3.10. The fraction of sp³-hybridized carbons (Fsp3) is 0.375. The summed E-state index contributed by atoms with van der Waals surface area (Å²) in [5.74, 6) is -2.39. The van der Waals surface area contributed by atoms with Crippen LogP contribution in [0.4, 0.5) is 4.79 Å². The maximum atomic E-state index is 12.2. The van der Waals surface area contributed by atoms with E-state index in [4.69, 9.17) is 4.74 Å². The van der Waals surface area contributed by atoms with E-state index in [1.54, 1.807) is 24.3 Å². The molecule has 0 aliphatic carbocycles. The van der Waals surface area contributed by atoms with E-state index >= 15 is 0 Å². The van der Waals surface area contributed by atoms with E-state index in [1.807, 2.05) is 6.07 Å². The molecule has 0 saturated carbocycles. The number of esters is 1. The minimum Gasteiger partial charge on any atom is -0.468 e. The van der Waals surface area contributed by atoms with Crippen molar-refractivity contribution in [1.82, 2.24) is 10.4 Å². The van der Waals surface area contributed by atoms with Crippen LogP contribution in [-0.4, -0.2) is 48.7 Å². The Morgan fingerprint density at radius 1 is 1.16 bits per heavy atom. The second-order valence-corrected chi connectivity index (χ2v) is 4.96. The summed E-state index contributed by atoms with van der Waals surface area (Å²) in [5.41, 5.74) is 0.781. The zero-order valence-corrected chi connectivity index (χ0v) is 14.2. The Morgan fingerprint density at radius 2 is 1.80 bits per heavy atom. The molecule has 25 heavy (non-hydrogen) atoms. The summed E-state index contributed by atoms with van der Waals surface area (Å²) in [7, 11) is 1.13. The molecule has 0 heterocycles. The zero-order chi connectivity index (χ0) is 18.8. The summed E-state index contributed by atoms with van der Waals surface area (Å²) in [6.45, 7) is 1.87. The SMILES string of the molecule is COC(=O)CN(OC(C)=O)C(=O)[C@H](C)NC(=O)OCc1ccccc1. The van der Waals surface area contributed by atoms with Crippen molar-refractivity contribution in [3.05, 3.63) is 35.9 Å². The van der Waals surface area contributed by atoms with E-state index in [9.17, 15) is 19.2 Å². The van der Waals surface area contributed by atoms with Gasteiger partial charge < -0.3 is 19.6 Å². The Kier molecular flexibility index (Phi) is 7.91. The fourth-order valence-corrected chi connectivity index (χ4v) is 1.71. The lowest BCUT2D eigenvalue weighted by molar-refractivity contribution is -0.200. The molecule has 1 atom stereocenters. The van der Waals surface area contributed by atoms with Crippen LogP contribution in [0.1, 0.15) is 19.4 Å². The number of rotatable bonds is 6. The normalized spacial score (nSPS) is 11.0. The van der Waals surface area contributed by atoms with Gasteiger partial charge in [-0.3, -0.25) is 9.59 Å². The highest BCUT2D eigenvalue weighted by Gasteiger charge is 2.27. The Bertz CT molecular complexity index is 618. The van der Waals surface area contributed by atoms with Crippen molar-refractivity contribution in [1.29, 1.82) is 0 Å². The Balaban J connectivity index is 2.57. The van der Waals surface area contributed by atoms with Gasteiger partial charge in [0.05, 0.1) is 7.11 Å². The van der Waals surface area contributed by atoms with Gasteiger partial charge in [-0.1, -0.05) is 30.3 Å². The van der Waals surface area contributed by atoms with E-state index in [1.165, 1.54) is 6.92 Å². The molecule has 1 rings (SSSR count). The third kappa shape index (κ3) is 7.34. The number of ether oxygens (including phenoxy) is 2. The molecule has 2 amide bonds. The summed E-state index contributed by atoms with van der Waals surface area (Å²) < 4.78 is 9.42. The van der Waals surface area contributed by atoms with Gasteiger partial charge in [0.15, 0.2) is 6.54 Å². The highest BCUT2D eigenvalue weighted by atomic mass is 16.7. The summed E-state index contributed by atoms with van der Waals surface area (Å²) >= 11 is 0. The number of amides is 2. The van der Waals surface area contributed by atoms with Crippen LogP contribution < -0.4 is 5.32 Å². The number of hydroxylamine groups is 2. The standard InChI is InChI=1S/C16H20N2O7/c1-11(15(21)18(25-12(2)19)9-14(20)23-3)17-16(22)24-10-13-7-5-4-6-8-13/h4-8,11H,9-10H2,1-3H3,(H,17,22)/t11-/m0/s1. The van der Waals surface area contributed by atoms with E-state index in [-0.39, 0.29) is 6.61 Å². The van der Waals surface area contributed by atoms with Gasteiger partial charge in [0.1, 0.15) is 12.6 Å². The lowest BCUT2D eigenvalue weighted by atomic mass is 10.2. The van der Waals surface area contributed by atoms with E-state index in [2.05, 4.69) is 14.9 Å². The van der Waals surface area contributed by atoms with Crippen molar-refractivity contribution >= 4 is 23.9 Å². The molecule has 9 nitrogen and oxygen atoms in total. The molecule has 136 valence electrons. The number of nitrogens with one attached hydrogen (secondary N) is 1. The number of alkyl carbamates (subject to hydrolysis) is 1. The lowest BCUT2D eigenvalue weighted by Crippen LogP contribution is -2.49. The smallest absolute Gasteiger partial charge is 0.408 e. The molecule has 1 N–H and O–H groups in total. The molecule has 0 unspecified atom stereocenters. The average Bonchev–Trinajstić information content (AvgIpc) is 2.59. The molecule has 0 fully saturated rings. The van der Waals surface area contributed by atoms with Crippen LogP contribution in [-0.2, 0) is 35.3 Å². The van der Waals surface area contributed by atoms with Crippen molar-refractivity contribution in [2.75, 3.05) is 13.7 Å². The number of carbonyl (C=O) groups is 4. The van der Waals surface area contributed by atoms with Gasteiger partial charge in [-0.05, 0) is 12.5 Å². The number of carbonyl (C=O) groups excluding carboxylic acids is 4. The molecular formula is C16H20N2O7. The predicted molar refractivity (Wildman–Crippen MR) is 84.7 cm³/mol. The molecular weight excluding hydrogens is 332 g/mol. The first-order valence-corrected chi connectivity index (χ1v) is 7.37. The predicted octanol–water partition coefficient (Wildman–Crippen LogP) is 0.781. The molecule has 0 saturated heterocycles. The minimum absolute atomic E-state index is 0.0312. The highest BCUT2D eigenvalue weighted by Crippen LogP contribution is 2.02. The Morgan fingerprint density at radius 3 is 2.36 bits per heavy atom. The highest BCUT2D eigenvalue weighted by molar-refractivity contribution is 5.88. The molecule has 9 heteroatoms. The van der Waals surface area contributed by atoms with Gasteiger partial charge in [0.25, 0.3) is 5.91 Å². The fourth-order valence-electron chi connectivity index (χ4n) is 1.71. The first-order chi connectivity index (χ1) is 11.8. The minimum atomic E-state index is -1.09. The molecule has 1 aromatic carbocycles. The summed E-state index contributed by atoms with van der Waals surface area (Å²) in [5, 5.41) is 2.82. The zero-order valence-electron chi connectivity index (χ0n) is 14.2. The number of hydrogen-bond acceptors (Lipinski definition) is 7. The van der Waals surface area contributed by atoms with E-state index in [0.29, 0.717) is 5.06 Å². The largest absolute Gasteiger partial charge is 0.468 e. The number of hydrogen-bond donors (Lipinski definition) is 1. The quantitative estimate of drug-likeness (QED) is 0.595. The topological polar surface area (TPSA) is 111 Å². The average molecular weight is 352 g/mol. The van der Waals surface area contributed by atoms with Gasteiger partial charge >= 0.3 is 18.0 Å². The Labute approximate surface area is 144 Å². The molecule has 1 aromatic rings. The summed E-state index contributed by atoms with van der Waals surface area (Å²) in [6, 6.07) is 7.89. The van der Waals surface area contributed by atoms with Crippen LogP contribution in [0.25, 0.3) is 0 Å². The van der Waals surface area contributed by atoms with Crippen LogP contribution in [0.3, 0.4) is 0 Å². The molecule has 0 aromatic heterocycles. The molecule has 0 aliphatic heterocycles. The maximum Gasteiger partial charge on any atom is 0.408 e. The van der Waals surface area contributed by atoms with Gasteiger partial charge in [0.2, 0.25) is 0 Å². The second kappa shape index (κ2) is 9.91. The lowest BCUT2D eigenvalue weighted by Gasteiger charge is -2.22. The van der Waals surface area contributed by atoms with Crippen molar-refractivity contribution in [3.8, 4) is 0 Å². The first-order valence-electron chi connectivity index (χ1n) is 7.37. The van der Waals surface area contributed by atoms with Gasteiger partial charge in [-0.2, -0.15) is 5.06 Å². The van der Waals surface area contributed by atoms with Crippen LogP contribution in [0.2, 0.25) is 0 Å². The summed E-state index contributed by atoms with van der Waals surface area (Å²) in [6.07, 6.45) is -0.828. The van der Waals surface area contributed by atoms with Crippen molar-refractivity contribution in [2.24, 2.45) is 0 Å². The van der Waals surface area contributed by atoms with Crippen LogP contribution >= 0.6 is 0 Å². The van der Waals surface area contributed by atoms with Gasteiger partial charge in [-0.25, -0.2) is 9.59 Å². The number of benzene rings is 1. The van der Waals surface area contributed by atoms with Crippen molar-refractivity contribution < 1.29 is 33.5 Å². The van der Waals surface area contributed by atoms with Crippen LogP contribution in [0, 0.1) is 0 Å². The number of nitrogens with zero attached hydrogens (tertiary/aromatic N) is 1. The third-order valence-corrected chi connectivity index (χ3v) is 2.90. The second-order valence-electron chi connectivity index (χ2n) is 4.96. The van der Waals surface area contributed by atoms with Gasteiger partial charge in [0, 0.05) is 6.92 Å². The molecule has 0 spiro atoms. The maximum absolute atomic E-state index is 12.2. The number of methoxy groups -OCH3 is 1. The van der Waals surface area contributed by atoms with Crippen LogP contribution in [0.5, 0.6) is 0 Å². The third-order valence-electron chi connectivity index (χ3n) is 2.90. The van der Waals surface area contributed by atoms with Gasteiger partial charge in [-0.15, -0.1) is 0 Å². The molecule has 0 radical (unpaired) electrons. The first kappa shape index (κ1) is 19.9. The monoisotopic (exact) mass is 352 g/mol. The van der Waals surface area contributed by atoms with E-state index < -0.39 is 36.5 Å². The molecule has 0 bridgehead atoms. The van der Waals surface area contributed by atoms with Crippen LogP contribution in [0.15, 0.2) is 30.3 Å².